The first-order valence-corrected chi connectivity index (χ1v) is 14.7. The average Bonchev–Trinajstić information content (AvgIpc) is 3.01. The summed E-state index contributed by atoms with van der Waals surface area (Å²) in [7, 11) is -4.77. The topological polar surface area (TPSA) is 82.1 Å². The molecule has 39 heavy (non-hydrogen) atoms. The number of nitrogens with zero attached hydrogens (tertiary/aromatic N) is 1. The van der Waals surface area contributed by atoms with Gasteiger partial charge < -0.3 is 14.0 Å². The van der Waals surface area contributed by atoms with Crippen LogP contribution in [0.2, 0.25) is 10.0 Å². The molecule has 1 aliphatic rings. The van der Waals surface area contributed by atoms with Gasteiger partial charge in [0.1, 0.15) is 12.1 Å². The third-order valence-corrected chi connectivity index (χ3v) is 8.97. The molecular formula is C28H32BCl2NO6S. The minimum atomic E-state index is -4.24. The summed E-state index contributed by atoms with van der Waals surface area (Å²) < 4.78 is 46.4. The molecule has 0 saturated carbocycles. The number of fused-ring (bicyclic) bond motifs is 1. The predicted molar refractivity (Wildman–Crippen MR) is 157 cm³/mol. The van der Waals surface area contributed by atoms with Gasteiger partial charge in [-0.3, -0.25) is 9.10 Å². The highest BCUT2D eigenvalue weighted by Gasteiger charge is 2.51. The van der Waals surface area contributed by atoms with Crippen LogP contribution in [0.25, 0.3) is 10.8 Å². The molecule has 0 spiro atoms. The monoisotopic (exact) mass is 591 g/mol. The van der Waals surface area contributed by atoms with Crippen molar-refractivity contribution in [3.63, 3.8) is 0 Å². The van der Waals surface area contributed by atoms with Crippen molar-refractivity contribution in [1.82, 2.24) is 0 Å². The molecule has 1 fully saturated rings. The number of carbonyl (C=O) groups excluding carboxylic acids is 1. The fraction of sp³-hybridized carbons (Fsp3) is 0.393. The lowest BCUT2D eigenvalue weighted by Gasteiger charge is -2.32. The molecule has 0 unspecified atom stereocenters. The molecule has 0 atom stereocenters. The number of halogens is 2. The maximum Gasteiger partial charge on any atom is 0.494 e. The number of ether oxygens (including phenoxy) is 1. The van der Waals surface area contributed by atoms with Crippen LogP contribution in [0, 0.1) is 0 Å². The molecular weight excluding hydrogens is 560 g/mol. The molecule has 0 amide bonds. The lowest BCUT2D eigenvalue weighted by Crippen LogP contribution is -2.41. The third-order valence-electron chi connectivity index (χ3n) is 6.78. The zero-order chi connectivity index (χ0) is 29.0. The maximum absolute atomic E-state index is 13.8. The van der Waals surface area contributed by atoms with E-state index in [1.807, 2.05) is 45.9 Å². The quantitative estimate of drug-likeness (QED) is 0.259. The lowest BCUT2D eigenvalue weighted by molar-refractivity contribution is -0.152. The minimum absolute atomic E-state index is 0.139. The standard InChI is InChI=1S/C28H32BCl2NO6S/c1-26(2,3)36-25(33)17-32(39(34,35)24-15-21(30)14-22(31)16-24)23-11-9-18-12-20(10-8-19(18)13-23)29-37-27(4,5)28(6,7)38-29/h8-16H,17H2,1-7H3. The van der Waals surface area contributed by atoms with Crippen LogP contribution in [0.3, 0.4) is 0 Å². The van der Waals surface area contributed by atoms with Crippen LogP contribution in [0.4, 0.5) is 5.69 Å². The van der Waals surface area contributed by atoms with Crippen LogP contribution in [0.1, 0.15) is 48.5 Å². The molecule has 3 aromatic carbocycles. The van der Waals surface area contributed by atoms with Gasteiger partial charge in [-0.2, -0.15) is 0 Å². The van der Waals surface area contributed by atoms with E-state index < -0.39 is 46.5 Å². The van der Waals surface area contributed by atoms with Gasteiger partial charge in [-0.25, -0.2) is 8.42 Å². The molecule has 0 N–H and O–H groups in total. The summed E-state index contributed by atoms with van der Waals surface area (Å²) in [5.74, 6) is -0.699. The van der Waals surface area contributed by atoms with Gasteiger partial charge in [0.05, 0.1) is 21.8 Å². The van der Waals surface area contributed by atoms with Crippen molar-refractivity contribution in [1.29, 1.82) is 0 Å². The number of rotatable bonds is 6. The Morgan fingerprint density at radius 3 is 2.00 bits per heavy atom. The molecule has 208 valence electrons. The highest BCUT2D eigenvalue weighted by molar-refractivity contribution is 7.92. The third kappa shape index (κ3) is 6.38. The Kier molecular flexibility index (Phi) is 7.82. The van der Waals surface area contributed by atoms with Crippen molar-refractivity contribution < 1.29 is 27.3 Å². The molecule has 7 nitrogen and oxygen atoms in total. The Bertz CT molecular complexity index is 1500. The number of hydrogen-bond acceptors (Lipinski definition) is 6. The number of carbonyl (C=O) groups is 1. The summed E-state index contributed by atoms with van der Waals surface area (Å²) in [6.45, 7) is 12.6. The van der Waals surface area contributed by atoms with Gasteiger partial charge in [-0.1, -0.05) is 47.5 Å². The van der Waals surface area contributed by atoms with E-state index in [9.17, 15) is 13.2 Å². The normalized spacial score (nSPS) is 16.9. The summed E-state index contributed by atoms with van der Waals surface area (Å²) in [5.41, 5.74) is -0.611. The second kappa shape index (κ2) is 10.3. The molecule has 3 aromatic rings. The molecule has 4 rings (SSSR count). The van der Waals surface area contributed by atoms with Gasteiger partial charge >= 0.3 is 13.1 Å². The van der Waals surface area contributed by atoms with Crippen LogP contribution in [-0.2, 0) is 28.9 Å². The second-order valence-electron chi connectivity index (χ2n) is 11.6. The summed E-state index contributed by atoms with van der Waals surface area (Å²) in [6, 6.07) is 14.9. The zero-order valence-corrected chi connectivity index (χ0v) is 25.4. The van der Waals surface area contributed by atoms with Crippen LogP contribution in [-0.4, -0.2) is 44.9 Å². The van der Waals surface area contributed by atoms with Crippen molar-refractivity contribution in [3.05, 3.63) is 64.6 Å². The number of esters is 1. The summed E-state index contributed by atoms with van der Waals surface area (Å²) in [4.78, 5) is 12.7. The number of sulfonamides is 1. The van der Waals surface area contributed by atoms with Gasteiger partial charge in [0.25, 0.3) is 10.0 Å². The van der Waals surface area contributed by atoms with E-state index in [0.29, 0.717) is 0 Å². The maximum atomic E-state index is 13.8. The van der Waals surface area contributed by atoms with Crippen LogP contribution < -0.4 is 9.77 Å². The molecule has 1 aliphatic heterocycles. The van der Waals surface area contributed by atoms with E-state index in [1.165, 1.54) is 18.2 Å². The van der Waals surface area contributed by atoms with Crippen molar-refractivity contribution >= 4 is 68.2 Å². The van der Waals surface area contributed by atoms with Gasteiger partial charge in [0.2, 0.25) is 0 Å². The molecule has 0 radical (unpaired) electrons. The summed E-state index contributed by atoms with van der Waals surface area (Å²) in [5, 5.41) is 1.94. The molecule has 1 saturated heterocycles. The van der Waals surface area contributed by atoms with E-state index in [4.69, 9.17) is 37.2 Å². The molecule has 11 heteroatoms. The van der Waals surface area contributed by atoms with Crippen molar-refractivity contribution in [2.45, 2.75) is 70.2 Å². The first-order valence-electron chi connectivity index (χ1n) is 12.5. The van der Waals surface area contributed by atoms with Gasteiger partial charge in [-0.05, 0) is 95.0 Å². The van der Waals surface area contributed by atoms with Crippen LogP contribution >= 0.6 is 23.2 Å². The van der Waals surface area contributed by atoms with E-state index in [2.05, 4.69) is 0 Å². The first kappa shape index (κ1) is 29.7. The Morgan fingerprint density at radius 2 is 1.44 bits per heavy atom. The SMILES string of the molecule is CC(C)(C)OC(=O)CN(c1ccc2cc(B3OC(C)(C)C(C)(C)O3)ccc2c1)S(=O)(=O)c1cc(Cl)cc(Cl)c1. The summed E-state index contributed by atoms with van der Waals surface area (Å²) in [6.07, 6.45) is 0. The predicted octanol–water partition coefficient (Wildman–Crippen LogP) is 5.98. The molecule has 0 aliphatic carbocycles. The van der Waals surface area contributed by atoms with Crippen molar-refractivity contribution in [2.24, 2.45) is 0 Å². The van der Waals surface area contributed by atoms with Gasteiger partial charge in [0, 0.05) is 10.0 Å². The Morgan fingerprint density at radius 1 is 0.897 bits per heavy atom. The van der Waals surface area contributed by atoms with E-state index in [1.54, 1.807) is 39.0 Å². The number of anilines is 1. The van der Waals surface area contributed by atoms with E-state index >= 15 is 0 Å². The van der Waals surface area contributed by atoms with Gasteiger partial charge in [0.15, 0.2) is 0 Å². The second-order valence-corrected chi connectivity index (χ2v) is 14.3. The number of benzene rings is 3. The highest BCUT2D eigenvalue weighted by atomic mass is 35.5. The highest BCUT2D eigenvalue weighted by Crippen LogP contribution is 2.37. The smallest absolute Gasteiger partial charge is 0.459 e. The Balaban J connectivity index is 1.74. The first-order chi connectivity index (χ1) is 17.9. The molecule has 0 bridgehead atoms. The fourth-order valence-corrected chi connectivity index (χ4v) is 6.27. The van der Waals surface area contributed by atoms with Crippen LogP contribution in [0.15, 0.2) is 59.5 Å². The number of hydrogen-bond donors (Lipinski definition) is 0. The van der Waals surface area contributed by atoms with E-state index in [-0.39, 0.29) is 20.6 Å². The summed E-state index contributed by atoms with van der Waals surface area (Å²) >= 11 is 12.2. The molecule has 0 aromatic heterocycles. The average molecular weight is 592 g/mol. The fourth-order valence-electron chi connectivity index (χ4n) is 4.14. The van der Waals surface area contributed by atoms with Crippen molar-refractivity contribution in [3.8, 4) is 0 Å². The Labute approximate surface area is 240 Å². The van der Waals surface area contributed by atoms with Gasteiger partial charge in [-0.15, -0.1) is 0 Å². The Hall–Kier alpha value is -2.30. The van der Waals surface area contributed by atoms with E-state index in [0.717, 1.165) is 20.5 Å². The van der Waals surface area contributed by atoms with Crippen LogP contribution in [0.5, 0.6) is 0 Å². The minimum Gasteiger partial charge on any atom is -0.459 e. The molecule has 1 heterocycles. The van der Waals surface area contributed by atoms with Crippen molar-refractivity contribution in [2.75, 3.05) is 10.8 Å². The lowest BCUT2D eigenvalue weighted by atomic mass is 9.78. The largest absolute Gasteiger partial charge is 0.494 e. The zero-order valence-electron chi connectivity index (χ0n) is 23.0.